The lowest BCUT2D eigenvalue weighted by atomic mass is 10.2. The maximum Gasteiger partial charge on any atom is 0.255 e. The number of pyridine rings is 1. The highest BCUT2D eigenvalue weighted by molar-refractivity contribution is 5.98. The van der Waals surface area contributed by atoms with Gasteiger partial charge in [-0.2, -0.15) is 5.10 Å². The Labute approximate surface area is 105 Å². The summed E-state index contributed by atoms with van der Waals surface area (Å²) in [5.74, 6) is 0.00163. The Balaban J connectivity index is 2.05. The minimum absolute atomic E-state index is 0.233. The summed E-state index contributed by atoms with van der Waals surface area (Å²) in [6, 6.07) is 3.33. The van der Waals surface area contributed by atoms with E-state index in [2.05, 4.69) is 15.4 Å². The molecule has 2 heterocycles. The predicted octanol–water partition coefficient (Wildman–Crippen LogP) is 0.636. The second-order valence-electron chi connectivity index (χ2n) is 4.03. The van der Waals surface area contributed by atoms with Crippen molar-refractivity contribution in [2.75, 3.05) is 5.73 Å². The Morgan fingerprint density at radius 3 is 2.94 bits per heavy atom. The van der Waals surface area contributed by atoms with Crippen LogP contribution in [0.25, 0.3) is 0 Å². The van der Waals surface area contributed by atoms with E-state index in [1.165, 1.54) is 0 Å². The van der Waals surface area contributed by atoms with Gasteiger partial charge in [0, 0.05) is 31.5 Å². The number of aromatic nitrogens is 3. The van der Waals surface area contributed by atoms with Gasteiger partial charge in [-0.05, 0) is 19.1 Å². The summed E-state index contributed by atoms with van der Waals surface area (Å²) in [5.41, 5.74) is 7.90. The van der Waals surface area contributed by atoms with E-state index in [1.807, 2.05) is 20.2 Å². The zero-order valence-electron chi connectivity index (χ0n) is 10.3. The number of hydrogen-bond acceptors (Lipinski definition) is 4. The number of nitrogens with one attached hydrogen (secondary N) is 1. The lowest BCUT2D eigenvalue weighted by molar-refractivity contribution is 0.0951. The van der Waals surface area contributed by atoms with E-state index in [0.717, 1.165) is 11.3 Å². The molecule has 1 amide bonds. The number of amides is 1. The maximum atomic E-state index is 11.9. The highest BCUT2D eigenvalue weighted by atomic mass is 16.1. The predicted molar refractivity (Wildman–Crippen MR) is 67.8 cm³/mol. The quantitative estimate of drug-likeness (QED) is 0.830. The number of hydrogen-bond donors (Lipinski definition) is 2. The van der Waals surface area contributed by atoms with Crippen LogP contribution in [-0.2, 0) is 13.6 Å². The fraction of sp³-hybridized carbons (Fsp3) is 0.250. The van der Waals surface area contributed by atoms with Gasteiger partial charge < -0.3 is 11.1 Å². The normalized spacial score (nSPS) is 10.3. The van der Waals surface area contributed by atoms with E-state index in [0.29, 0.717) is 12.1 Å². The second-order valence-corrected chi connectivity index (χ2v) is 4.03. The fourth-order valence-corrected chi connectivity index (χ4v) is 1.70. The van der Waals surface area contributed by atoms with Gasteiger partial charge in [0.2, 0.25) is 0 Å². The summed E-state index contributed by atoms with van der Waals surface area (Å²) in [4.78, 5) is 15.8. The lowest BCUT2D eigenvalue weighted by Gasteiger charge is -2.05. The zero-order valence-corrected chi connectivity index (χ0v) is 10.3. The first kappa shape index (κ1) is 12.1. The molecule has 2 rings (SSSR count). The van der Waals surface area contributed by atoms with Crippen LogP contribution < -0.4 is 11.1 Å². The molecule has 0 spiro atoms. The molecule has 0 radical (unpaired) electrons. The molecule has 0 bridgehead atoms. The Morgan fingerprint density at radius 2 is 2.33 bits per heavy atom. The number of nitrogen functional groups attached to an aromatic ring is 1. The molecular formula is C12H15N5O. The van der Waals surface area contributed by atoms with Crippen molar-refractivity contribution >= 4 is 11.7 Å². The maximum absolute atomic E-state index is 11.9. The molecule has 6 heteroatoms. The van der Waals surface area contributed by atoms with Crippen molar-refractivity contribution < 1.29 is 4.79 Å². The van der Waals surface area contributed by atoms with Gasteiger partial charge in [-0.25, -0.2) is 4.98 Å². The number of anilines is 1. The van der Waals surface area contributed by atoms with Crippen molar-refractivity contribution in [3.8, 4) is 0 Å². The molecule has 0 saturated heterocycles. The molecule has 0 fully saturated rings. The molecule has 2 aromatic heterocycles. The molecule has 0 aromatic carbocycles. The zero-order chi connectivity index (χ0) is 13.1. The van der Waals surface area contributed by atoms with E-state index in [1.54, 1.807) is 23.0 Å². The van der Waals surface area contributed by atoms with Crippen molar-refractivity contribution in [1.29, 1.82) is 0 Å². The van der Waals surface area contributed by atoms with Gasteiger partial charge in [0.05, 0.1) is 11.3 Å². The van der Waals surface area contributed by atoms with Crippen LogP contribution in [0.4, 0.5) is 5.82 Å². The van der Waals surface area contributed by atoms with Crippen LogP contribution in [-0.4, -0.2) is 20.7 Å². The van der Waals surface area contributed by atoms with Gasteiger partial charge in [-0.1, -0.05) is 0 Å². The molecule has 18 heavy (non-hydrogen) atoms. The first-order valence-corrected chi connectivity index (χ1v) is 5.55. The van der Waals surface area contributed by atoms with E-state index < -0.39 is 0 Å². The minimum Gasteiger partial charge on any atom is -0.383 e. The Bertz CT molecular complexity index is 576. The largest absolute Gasteiger partial charge is 0.383 e. The standard InChI is InChI=1S/C12H15N5O/c1-8-9(7-17(2)16-8)6-15-12(18)10-4-3-5-14-11(10)13/h3-5,7H,6H2,1-2H3,(H2,13,14)(H,15,18). The third kappa shape index (κ3) is 2.48. The van der Waals surface area contributed by atoms with E-state index in [4.69, 9.17) is 5.73 Å². The van der Waals surface area contributed by atoms with Gasteiger partial charge in [-0.15, -0.1) is 0 Å². The van der Waals surface area contributed by atoms with Crippen molar-refractivity contribution in [2.45, 2.75) is 13.5 Å². The molecule has 94 valence electrons. The lowest BCUT2D eigenvalue weighted by Crippen LogP contribution is -2.24. The summed E-state index contributed by atoms with van der Waals surface area (Å²) in [7, 11) is 1.84. The minimum atomic E-state index is -0.233. The van der Waals surface area contributed by atoms with Crippen molar-refractivity contribution in [3.05, 3.63) is 41.3 Å². The monoisotopic (exact) mass is 245 g/mol. The summed E-state index contributed by atoms with van der Waals surface area (Å²) in [6.07, 6.45) is 3.43. The SMILES string of the molecule is Cc1nn(C)cc1CNC(=O)c1cccnc1N. The van der Waals surface area contributed by atoms with Crippen molar-refractivity contribution in [2.24, 2.45) is 7.05 Å². The molecule has 0 atom stereocenters. The average molecular weight is 245 g/mol. The third-order valence-corrected chi connectivity index (χ3v) is 2.64. The number of rotatable bonds is 3. The Hall–Kier alpha value is -2.37. The molecule has 0 saturated carbocycles. The molecule has 6 nitrogen and oxygen atoms in total. The smallest absolute Gasteiger partial charge is 0.255 e. The highest BCUT2D eigenvalue weighted by Gasteiger charge is 2.10. The first-order valence-electron chi connectivity index (χ1n) is 5.55. The van der Waals surface area contributed by atoms with Crippen molar-refractivity contribution in [1.82, 2.24) is 20.1 Å². The molecule has 2 aromatic rings. The topological polar surface area (TPSA) is 85.8 Å². The van der Waals surface area contributed by atoms with E-state index in [9.17, 15) is 4.79 Å². The van der Waals surface area contributed by atoms with Crippen LogP contribution >= 0.6 is 0 Å². The molecule has 0 aliphatic rings. The number of nitrogens with two attached hydrogens (primary N) is 1. The van der Waals surface area contributed by atoms with Crippen LogP contribution in [0.1, 0.15) is 21.6 Å². The van der Waals surface area contributed by atoms with Crippen molar-refractivity contribution in [3.63, 3.8) is 0 Å². The highest BCUT2D eigenvalue weighted by Crippen LogP contribution is 2.08. The number of aryl methyl sites for hydroxylation is 2. The Kier molecular flexibility index (Phi) is 3.27. The first-order chi connectivity index (χ1) is 8.58. The van der Waals surface area contributed by atoms with E-state index >= 15 is 0 Å². The van der Waals surface area contributed by atoms with Gasteiger partial charge in [-0.3, -0.25) is 9.48 Å². The summed E-state index contributed by atoms with van der Waals surface area (Å²) < 4.78 is 1.72. The molecule has 3 N–H and O–H groups in total. The second kappa shape index (κ2) is 4.87. The molecule has 0 aliphatic heterocycles. The number of carbonyl (C=O) groups is 1. The number of carbonyl (C=O) groups excluding carboxylic acids is 1. The third-order valence-electron chi connectivity index (χ3n) is 2.64. The summed E-state index contributed by atoms with van der Waals surface area (Å²) in [6.45, 7) is 2.33. The average Bonchev–Trinajstić information content (AvgIpc) is 2.65. The summed E-state index contributed by atoms with van der Waals surface area (Å²) in [5, 5.41) is 7.01. The van der Waals surface area contributed by atoms with Crippen LogP contribution in [0.2, 0.25) is 0 Å². The van der Waals surface area contributed by atoms with E-state index in [-0.39, 0.29) is 11.7 Å². The molecule has 0 unspecified atom stereocenters. The fourth-order valence-electron chi connectivity index (χ4n) is 1.70. The number of nitrogens with zero attached hydrogens (tertiary/aromatic N) is 3. The van der Waals surface area contributed by atoms with Gasteiger partial charge >= 0.3 is 0 Å². The van der Waals surface area contributed by atoms with Crippen LogP contribution in [0.5, 0.6) is 0 Å². The van der Waals surface area contributed by atoms with Gasteiger partial charge in [0.1, 0.15) is 5.82 Å². The van der Waals surface area contributed by atoms with Crippen LogP contribution in [0.15, 0.2) is 24.5 Å². The molecular weight excluding hydrogens is 230 g/mol. The van der Waals surface area contributed by atoms with Gasteiger partial charge in [0.25, 0.3) is 5.91 Å². The Morgan fingerprint density at radius 1 is 1.56 bits per heavy atom. The van der Waals surface area contributed by atoms with Gasteiger partial charge in [0.15, 0.2) is 0 Å². The molecule has 0 aliphatic carbocycles. The summed E-state index contributed by atoms with van der Waals surface area (Å²) >= 11 is 0. The van der Waals surface area contributed by atoms with Crippen LogP contribution in [0, 0.1) is 6.92 Å². The van der Waals surface area contributed by atoms with Crippen LogP contribution in [0.3, 0.4) is 0 Å².